The summed E-state index contributed by atoms with van der Waals surface area (Å²) in [7, 11) is 1.54. The number of carbonyl (C=O) groups is 2. The van der Waals surface area contributed by atoms with Crippen LogP contribution in [-0.4, -0.2) is 41.5 Å². The van der Waals surface area contributed by atoms with E-state index in [-0.39, 0.29) is 11.8 Å². The lowest BCUT2D eigenvalue weighted by Crippen LogP contribution is -2.40. The summed E-state index contributed by atoms with van der Waals surface area (Å²) in [6.07, 6.45) is 0.331. The van der Waals surface area contributed by atoms with Gasteiger partial charge in [0.05, 0.1) is 0 Å². The second-order valence-electron chi connectivity index (χ2n) is 4.89. The van der Waals surface area contributed by atoms with Crippen LogP contribution < -0.4 is 5.32 Å². The van der Waals surface area contributed by atoms with Crippen LogP contribution in [0, 0.1) is 0 Å². The van der Waals surface area contributed by atoms with Crippen molar-refractivity contribution in [1.29, 1.82) is 0 Å². The van der Waals surface area contributed by atoms with Gasteiger partial charge in [0.15, 0.2) is 0 Å². The van der Waals surface area contributed by atoms with E-state index in [0.717, 1.165) is 17.8 Å². The number of fused-ring (bicyclic) bond motifs is 1. The van der Waals surface area contributed by atoms with Crippen LogP contribution in [0.4, 0.5) is 5.69 Å². The Morgan fingerprint density at radius 3 is 2.84 bits per heavy atom. The molecule has 1 heterocycles. The first-order chi connectivity index (χ1) is 9.00. The van der Waals surface area contributed by atoms with E-state index < -0.39 is 12.0 Å². The number of carbonyl (C=O) groups excluding carboxylic acids is 1. The lowest BCUT2D eigenvalue weighted by Gasteiger charge is -2.23. The average molecular weight is 262 g/mol. The van der Waals surface area contributed by atoms with E-state index in [0.29, 0.717) is 6.42 Å². The van der Waals surface area contributed by atoms with Gasteiger partial charge >= 0.3 is 5.97 Å². The summed E-state index contributed by atoms with van der Waals surface area (Å²) in [4.78, 5) is 24.3. The molecule has 2 unspecified atom stereocenters. The maximum Gasteiger partial charge on any atom is 0.326 e. The molecule has 0 aliphatic carbocycles. The number of nitrogens with zero attached hydrogens (tertiary/aromatic N) is 1. The van der Waals surface area contributed by atoms with Crippen LogP contribution in [0.3, 0.4) is 0 Å². The standard InChI is InChI=1S/C14H18N2O3/c1-9(14(18)19)16(2)13(17)7-10-8-15-12-6-4-3-5-11(10)12/h3-6,9-10,15H,7-8H2,1-2H3,(H,18,19). The number of hydrogen-bond acceptors (Lipinski definition) is 3. The smallest absolute Gasteiger partial charge is 0.326 e. The monoisotopic (exact) mass is 262 g/mol. The highest BCUT2D eigenvalue weighted by Crippen LogP contribution is 2.33. The van der Waals surface area contributed by atoms with Gasteiger partial charge in [0.25, 0.3) is 0 Å². The predicted molar refractivity (Wildman–Crippen MR) is 72.2 cm³/mol. The number of carboxylic acid groups (broad SMARTS) is 1. The van der Waals surface area contributed by atoms with Crippen molar-refractivity contribution in [2.45, 2.75) is 25.3 Å². The first kappa shape index (κ1) is 13.4. The van der Waals surface area contributed by atoms with Gasteiger partial charge in [0.1, 0.15) is 6.04 Å². The zero-order valence-corrected chi connectivity index (χ0v) is 11.1. The molecule has 2 N–H and O–H groups in total. The third-order valence-electron chi connectivity index (χ3n) is 3.69. The molecule has 5 heteroatoms. The highest BCUT2D eigenvalue weighted by Gasteiger charge is 2.28. The normalized spacial score (nSPS) is 18.3. The molecule has 0 radical (unpaired) electrons. The number of hydrogen-bond donors (Lipinski definition) is 2. The van der Waals surface area contributed by atoms with Crippen LogP contribution in [0.2, 0.25) is 0 Å². The predicted octanol–water partition coefficient (Wildman–Crippen LogP) is 1.52. The molecule has 102 valence electrons. The number of nitrogens with one attached hydrogen (secondary N) is 1. The largest absolute Gasteiger partial charge is 0.480 e. The maximum atomic E-state index is 12.1. The lowest BCUT2D eigenvalue weighted by atomic mass is 9.97. The van der Waals surface area contributed by atoms with E-state index in [4.69, 9.17) is 5.11 Å². The molecular formula is C14H18N2O3. The topological polar surface area (TPSA) is 69.6 Å². The Hall–Kier alpha value is -2.04. The SMILES string of the molecule is CC(C(=O)O)N(C)C(=O)CC1CNc2ccccc21. The molecule has 1 aromatic carbocycles. The van der Waals surface area contributed by atoms with Crippen molar-refractivity contribution in [1.82, 2.24) is 4.90 Å². The molecular weight excluding hydrogens is 244 g/mol. The molecule has 1 aliphatic rings. The number of carboxylic acids is 1. The van der Waals surface area contributed by atoms with Crippen molar-refractivity contribution in [3.63, 3.8) is 0 Å². The number of anilines is 1. The van der Waals surface area contributed by atoms with Crippen molar-refractivity contribution in [2.24, 2.45) is 0 Å². The van der Waals surface area contributed by atoms with Gasteiger partial charge < -0.3 is 15.3 Å². The minimum atomic E-state index is -0.985. The summed E-state index contributed by atoms with van der Waals surface area (Å²) in [6, 6.07) is 7.11. The fourth-order valence-corrected chi connectivity index (χ4v) is 2.28. The second kappa shape index (κ2) is 5.30. The van der Waals surface area contributed by atoms with E-state index in [1.807, 2.05) is 24.3 Å². The molecule has 1 aliphatic heterocycles. The van der Waals surface area contributed by atoms with Gasteiger partial charge in [0, 0.05) is 31.6 Å². The van der Waals surface area contributed by atoms with E-state index in [9.17, 15) is 9.59 Å². The van der Waals surface area contributed by atoms with Crippen molar-refractivity contribution in [3.8, 4) is 0 Å². The van der Waals surface area contributed by atoms with E-state index >= 15 is 0 Å². The zero-order chi connectivity index (χ0) is 14.0. The minimum Gasteiger partial charge on any atom is -0.480 e. The number of likely N-dealkylation sites (N-methyl/N-ethyl adjacent to an activating group) is 1. The molecule has 0 aromatic heterocycles. The number of para-hydroxylation sites is 1. The Morgan fingerprint density at radius 2 is 2.16 bits per heavy atom. The van der Waals surface area contributed by atoms with Crippen LogP contribution in [-0.2, 0) is 9.59 Å². The third-order valence-corrected chi connectivity index (χ3v) is 3.69. The van der Waals surface area contributed by atoms with Crippen molar-refractivity contribution in [3.05, 3.63) is 29.8 Å². The van der Waals surface area contributed by atoms with Crippen LogP contribution in [0.25, 0.3) is 0 Å². The van der Waals surface area contributed by atoms with Gasteiger partial charge in [-0.25, -0.2) is 4.79 Å². The summed E-state index contributed by atoms with van der Waals surface area (Å²) in [6.45, 7) is 2.24. The molecule has 5 nitrogen and oxygen atoms in total. The Bertz CT molecular complexity index is 501. The Morgan fingerprint density at radius 1 is 1.47 bits per heavy atom. The molecule has 0 bridgehead atoms. The highest BCUT2D eigenvalue weighted by atomic mass is 16.4. The first-order valence-electron chi connectivity index (χ1n) is 6.32. The van der Waals surface area contributed by atoms with E-state index in [1.165, 1.54) is 18.9 Å². The van der Waals surface area contributed by atoms with E-state index in [1.54, 1.807) is 0 Å². The molecule has 1 amide bonds. The van der Waals surface area contributed by atoms with Crippen LogP contribution >= 0.6 is 0 Å². The number of benzene rings is 1. The Kier molecular flexibility index (Phi) is 3.74. The average Bonchev–Trinajstić information content (AvgIpc) is 2.80. The van der Waals surface area contributed by atoms with Gasteiger partial charge in [0.2, 0.25) is 5.91 Å². The highest BCUT2D eigenvalue weighted by molar-refractivity contribution is 5.84. The maximum absolute atomic E-state index is 12.1. The van der Waals surface area contributed by atoms with Gasteiger partial charge in [-0.2, -0.15) is 0 Å². The fourth-order valence-electron chi connectivity index (χ4n) is 2.28. The summed E-state index contributed by atoms with van der Waals surface area (Å²) < 4.78 is 0. The molecule has 0 fully saturated rings. The first-order valence-corrected chi connectivity index (χ1v) is 6.32. The van der Waals surface area contributed by atoms with Gasteiger partial charge in [-0.15, -0.1) is 0 Å². The van der Waals surface area contributed by atoms with Crippen molar-refractivity contribution < 1.29 is 14.7 Å². The van der Waals surface area contributed by atoms with Crippen LogP contribution in [0.1, 0.15) is 24.8 Å². The van der Waals surface area contributed by atoms with Crippen molar-refractivity contribution >= 4 is 17.6 Å². The quantitative estimate of drug-likeness (QED) is 0.863. The summed E-state index contributed by atoms with van der Waals surface area (Å²) in [5.41, 5.74) is 2.20. The molecule has 0 saturated heterocycles. The van der Waals surface area contributed by atoms with Gasteiger partial charge in [-0.3, -0.25) is 4.79 Å². The fraction of sp³-hybridized carbons (Fsp3) is 0.429. The molecule has 2 atom stereocenters. The molecule has 2 rings (SSSR count). The van der Waals surface area contributed by atoms with E-state index in [2.05, 4.69) is 5.32 Å². The number of amides is 1. The van der Waals surface area contributed by atoms with Crippen LogP contribution in [0.15, 0.2) is 24.3 Å². The summed E-state index contributed by atoms with van der Waals surface area (Å²) >= 11 is 0. The minimum absolute atomic E-state index is 0.118. The van der Waals surface area contributed by atoms with Gasteiger partial charge in [-0.05, 0) is 18.6 Å². The zero-order valence-electron chi connectivity index (χ0n) is 11.1. The number of rotatable bonds is 4. The number of aliphatic carboxylic acids is 1. The second-order valence-corrected chi connectivity index (χ2v) is 4.89. The summed E-state index contributed by atoms with van der Waals surface area (Å²) in [5, 5.41) is 12.2. The third kappa shape index (κ3) is 2.70. The Balaban J connectivity index is 2.03. The Labute approximate surface area is 112 Å². The molecule has 0 spiro atoms. The molecule has 19 heavy (non-hydrogen) atoms. The molecule has 0 saturated carbocycles. The summed E-state index contributed by atoms with van der Waals surface area (Å²) in [5.74, 6) is -1.01. The van der Waals surface area contributed by atoms with Crippen molar-refractivity contribution in [2.75, 3.05) is 18.9 Å². The lowest BCUT2D eigenvalue weighted by molar-refractivity contribution is -0.148. The van der Waals surface area contributed by atoms with Gasteiger partial charge in [-0.1, -0.05) is 18.2 Å². The van der Waals surface area contributed by atoms with Crippen LogP contribution in [0.5, 0.6) is 0 Å². The molecule has 1 aromatic rings.